The first-order valence-electron chi connectivity index (χ1n) is 13.6. The summed E-state index contributed by atoms with van der Waals surface area (Å²) in [7, 11) is 0. The first-order valence-corrected chi connectivity index (χ1v) is 13.6. The molecule has 5 aromatic rings. The second-order valence-corrected chi connectivity index (χ2v) is 10.2. The Morgan fingerprint density at radius 3 is 2.26 bits per heavy atom. The van der Waals surface area contributed by atoms with Gasteiger partial charge >= 0.3 is 0 Å². The van der Waals surface area contributed by atoms with Crippen LogP contribution in [0.4, 0.5) is 0 Å². The van der Waals surface area contributed by atoms with Crippen molar-refractivity contribution in [1.29, 1.82) is 0 Å². The van der Waals surface area contributed by atoms with Crippen LogP contribution < -0.4 is 10.4 Å². The second kappa shape index (κ2) is 9.43. The standard InChI is InChI=1S/C37H29N/c1-2-30-12-9-17-35(38-30)37-33-15-7-5-13-31(33)36(32-14-6-8-16-34(32)37)27-21-18-26(19-22-27)29-23-20-25-10-3-4-11-28(25)24-29/h3-15,17-24,34H,2,16H2,1H3. The molecule has 7 rings (SSSR count). The lowest BCUT2D eigenvalue weighted by atomic mass is 9.73. The number of nitrogens with zero attached hydrogens (tertiary/aromatic N) is 1. The Balaban J connectivity index is 1.42. The average molecular weight is 488 g/mol. The molecule has 4 aromatic carbocycles. The topological polar surface area (TPSA) is 12.9 Å². The average Bonchev–Trinajstić information content (AvgIpc) is 2.99. The number of fused-ring (bicyclic) bond motifs is 3. The van der Waals surface area contributed by atoms with Gasteiger partial charge in [-0.25, -0.2) is 0 Å². The fraction of sp³-hybridized carbons (Fsp3) is 0.108. The van der Waals surface area contributed by atoms with E-state index in [9.17, 15) is 0 Å². The maximum atomic E-state index is 5.07. The molecule has 0 aliphatic heterocycles. The van der Waals surface area contributed by atoms with Gasteiger partial charge in [0.05, 0.1) is 5.69 Å². The summed E-state index contributed by atoms with van der Waals surface area (Å²) in [5, 5.41) is 5.15. The van der Waals surface area contributed by atoms with E-state index in [0.29, 0.717) is 5.92 Å². The maximum absolute atomic E-state index is 5.07. The molecule has 1 nitrogen and oxygen atoms in total. The highest BCUT2D eigenvalue weighted by atomic mass is 14.7. The molecule has 1 aromatic heterocycles. The Morgan fingerprint density at radius 1 is 0.684 bits per heavy atom. The molecule has 0 saturated heterocycles. The van der Waals surface area contributed by atoms with Crippen molar-refractivity contribution in [3.63, 3.8) is 0 Å². The Bertz CT molecular complexity index is 1870. The molecular weight excluding hydrogens is 458 g/mol. The maximum Gasteiger partial charge on any atom is 0.0677 e. The van der Waals surface area contributed by atoms with Crippen LogP contribution in [-0.2, 0) is 6.42 Å². The number of hydrogen-bond donors (Lipinski definition) is 0. The van der Waals surface area contributed by atoms with E-state index in [4.69, 9.17) is 4.98 Å². The Labute approximate surface area is 223 Å². The predicted octanol–water partition coefficient (Wildman–Crippen LogP) is 7.38. The lowest BCUT2D eigenvalue weighted by Crippen LogP contribution is -2.38. The Morgan fingerprint density at radius 2 is 1.42 bits per heavy atom. The number of hydrogen-bond acceptors (Lipinski definition) is 1. The summed E-state index contributed by atoms with van der Waals surface area (Å²) < 4.78 is 0. The summed E-state index contributed by atoms with van der Waals surface area (Å²) in [6, 6.07) is 39.8. The van der Waals surface area contributed by atoms with Gasteiger partial charge < -0.3 is 0 Å². The highest BCUT2D eigenvalue weighted by molar-refractivity contribution is 5.90. The van der Waals surface area contributed by atoms with Crippen molar-refractivity contribution >= 4 is 21.9 Å². The molecule has 0 spiro atoms. The minimum absolute atomic E-state index is 0.296. The van der Waals surface area contributed by atoms with Crippen molar-refractivity contribution in [3.8, 4) is 11.1 Å². The summed E-state index contributed by atoms with van der Waals surface area (Å²) in [6.45, 7) is 2.17. The van der Waals surface area contributed by atoms with Crippen molar-refractivity contribution in [2.45, 2.75) is 19.8 Å². The molecule has 0 amide bonds. The van der Waals surface area contributed by atoms with E-state index in [2.05, 4.69) is 134 Å². The Hall–Kier alpha value is -4.49. The predicted molar refractivity (Wildman–Crippen MR) is 159 cm³/mol. The molecule has 182 valence electrons. The number of benzene rings is 4. The smallest absolute Gasteiger partial charge is 0.0677 e. The van der Waals surface area contributed by atoms with Gasteiger partial charge in [0, 0.05) is 11.6 Å². The number of pyridine rings is 1. The van der Waals surface area contributed by atoms with E-state index < -0.39 is 0 Å². The lowest BCUT2D eigenvalue weighted by molar-refractivity contribution is 0.790. The number of allylic oxidation sites excluding steroid dienone is 4. The molecule has 0 bridgehead atoms. The van der Waals surface area contributed by atoms with Crippen molar-refractivity contribution in [1.82, 2.24) is 4.98 Å². The van der Waals surface area contributed by atoms with E-state index in [1.807, 2.05) is 0 Å². The molecule has 0 fully saturated rings. The van der Waals surface area contributed by atoms with E-state index >= 15 is 0 Å². The third kappa shape index (κ3) is 3.83. The molecule has 1 atom stereocenters. The highest BCUT2D eigenvalue weighted by Crippen LogP contribution is 2.40. The molecule has 0 N–H and O–H groups in total. The van der Waals surface area contributed by atoms with Gasteiger partial charge in [-0.3, -0.25) is 4.98 Å². The van der Waals surface area contributed by atoms with Crippen molar-refractivity contribution in [2.24, 2.45) is 5.92 Å². The Kier molecular flexibility index (Phi) is 5.63. The normalized spacial score (nSPS) is 16.2. The van der Waals surface area contributed by atoms with Crippen molar-refractivity contribution in [2.75, 3.05) is 0 Å². The van der Waals surface area contributed by atoms with Gasteiger partial charge in [0.2, 0.25) is 0 Å². The monoisotopic (exact) mass is 487 g/mol. The van der Waals surface area contributed by atoms with Gasteiger partial charge in [-0.05, 0) is 85.7 Å². The van der Waals surface area contributed by atoms with Gasteiger partial charge in [-0.1, -0.05) is 116 Å². The fourth-order valence-electron chi connectivity index (χ4n) is 6.10. The van der Waals surface area contributed by atoms with Crippen molar-refractivity contribution < 1.29 is 0 Å². The summed E-state index contributed by atoms with van der Waals surface area (Å²) >= 11 is 0. The summed E-state index contributed by atoms with van der Waals surface area (Å²) in [4.78, 5) is 5.07. The van der Waals surface area contributed by atoms with Gasteiger partial charge in [0.25, 0.3) is 0 Å². The molecule has 1 heterocycles. The molecule has 1 unspecified atom stereocenters. The first-order chi connectivity index (χ1) is 18.8. The molecule has 2 aliphatic rings. The molecular formula is C37H29N. The van der Waals surface area contributed by atoms with Crippen molar-refractivity contribution in [3.05, 3.63) is 160 Å². The van der Waals surface area contributed by atoms with Crippen LogP contribution in [0.25, 0.3) is 33.0 Å². The second-order valence-electron chi connectivity index (χ2n) is 10.2. The zero-order valence-corrected chi connectivity index (χ0v) is 21.6. The number of aromatic nitrogens is 1. The summed E-state index contributed by atoms with van der Waals surface area (Å²) in [5.74, 6) is 0.296. The highest BCUT2D eigenvalue weighted by Gasteiger charge is 2.29. The van der Waals surface area contributed by atoms with Gasteiger partial charge in [-0.2, -0.15) is 0 Å². The SMILES string of the molecule is CCc1cccc(C2=c3ccccc3=C(c3ccc(-c4ccc5ccccc5c4)cc3)C3=CC=CCC32)n1. The molecule has 0 radical (unpaired) electrons. The van der Waals surface area contributed by atoms with Crippen LogP contribution in [0.3, 0.4) is 0 Å². The summed E-state index contributed by atoms with van der Waals surface area (Å²) in [5.41, 5.74) is 10.1. The van der Waals surface area contributed by atoms with Crippen LogP contribution in [0.2, 0.25) is 0 Å². The first kappa shape index (κ1) is 22.7. The van der Waals surface area contributed by atoms with Gasteiger partial charge in [0.1, 0.15) is 0 Å². The third-order valence-corrected chi connectivity index (χ3v) is 7.98. The van der Waals surface area contributed by atoms with Gasteiger partial charge in [-0.15, -0.1) is 0 Å². The van der Waals surface area contributed by atoms with E-state index in [1.165, 1.54) is 54.6 Å². The van der Waals surface area contributed by atoms with Gasteiger partial charge in [0.15, 0.2) is 0 Å². The van der Waals surface area contributed by atoms with E-state index in [1.54, 1.807) is 0 Å². The van der Waals surface area contributed by atoms with Crippen LogP contribution in [0.1, 0.15) is 30.3 Å². The largest absolute Gasteiger partial charge is 0.253 e. The van der Waals surface area contributed by atoms with Crippen LogP contribution in [0, 0.1) is 5.92 Å². The lowest BCUT2D eigenvalue weighted by Gasteiger charge is -2.30. The minimum Gasteiger partial charge on any atom is -0.253 e. The van der Waals surface area contributed by atoms with Crippen LogP contribution in [0.5, 0.6) is 0 Å². The van der Waals surface area contributed by atoms with E-state index in [0.717, 1.165) is 24.2 Å². The zero-order chi connectivity index (χ0) is 25.5. The van der Waals surface area contributed by atoms with Crippen LogP contribution in [-0.4, -0.2) is 4.98 Å². The van der Waals surface area contributed by atoms with E-state index in [-0.39, 0.29) is 0 Å². The molecule has 38 heavy (non-hydrogen) atoms. The number of rotatable bonds is 4. The molecule has 0 saturated carbocycles. The zero-order valence-electron chi connectivity index (χ0n) is 21.6. The fourth-order valence-corrected chi connectivity index (χ4v) is 6.10. The quantitative estimate of drug-likeness (QED) is 0.258. The number of aryl methyl sites for hydroxylation is 1. The summed E-state index contributed by atoms with van der Waals surface area (Å²) in [6.07, 6.45) is 8.77. The van der Waals surface area contributed by atoms with Crippen LogP contribution >= 0.6 is 0 Å². The third-order valence-electron chi connectivity index (χ3n) is 7.98. The molecule has 2 aliphatic carbocycles. The minimum atomic E-state index is 0.296. The molecule has 1 heteroatoms. The van der Waals surface area contributed by atoms with Crippen LogP contribution in [0.15, 0.2) is 133 Å².